The van der Waals surface area contributed by atoms with Crippen molar-refractivity contribution in [3.05, 3.63) is 131 Å². The van der Waals surface area contributed by atoms with Gasteiger partial charge in [0.1, 0.15) is 5.82 Å². The van der Waals surface area contributed by atoms with Crippen molar-refractivity contribution in [2.75, 3.05) is 4.31 Å². The third-order valence-electron chi connectivity index (χ3n) is 6.30. The molecule has 0 saturated carbocycles. The fourth-order valence-electron chi connectivity index (χ4n) is 4.47. The van der Waals surface area contributed by atoms with Gasteiger partial charge in [-0.05, 0) is 72.5 Å². The van der Waals surface area contributed by atoms with Gasteiger partial charge in [0, 0.05) is 5.56 Å². The van der Waals surface area contributed by atoms with Gasteiger partial charge in [0.05, 0.1) is 27.4 Å². The summed E-state index contributed by atoms with van der Waals surface area (Å²) in [5, 5.41) is 0.545. The molecule has 0 aliphatic carbocycles. The topological polar surface area (TPSA) is 72.3 Å². The summed E-state index contributed by atoms with van der Waals surface area (Å²) in [5.41, 5.74) is 5.56. The lowest BCUT2D eigenvalue weighted by atomic mass is 10.0. The van der Waals surface area contributed by atoms with Crippen LogP contribution in [0.15, 0.2) is 97.6 Å². The Morgan fingerprint density at radius 3 is 2.37 bits per heavy atom. The van der Waals surface area contributed by atoms with Gasteiger partial charge in [-0.2, -0.15) is 0 Å². The molecule has 0 unspecified atom stereocenters. The SMILES string of the molecule is C=Cc1ccc(N(C(=O)c2ccc3nc(C)n(-c4ccc(Cc5ccccc5)cc4Cl)c3c2)[SH](=O)=O)cc1. The summed E-state index contributed by atoms with van der Waals surface area (Å²) < 4.78 is 26.9. The Bertz CT molecular complexity index is 1730. The van der Waals surface area contributed by atoms with E-state index < -0.39 is 16.8 Å². The van der Waals surface area contributed by atoms with Crippen molar-refractivity contribution >= 4 is 51.2 Å². The molecule has 1 heterocycles. The minimum absolute atomic E-state index is 0.211. The highest BCUT2D eigenvalue weighted by molar-refractivity contribution is 7.75. The lowest BCUT2D eigenvalue weighted by Gasteiger charge is -2.16. The Hall–Kier alpha value is -4.20. The quantitative estimate of drug-likeness (QED) is 0.242. The summed E-state index contributed by atoms with van der Waals surface area (Å²) in [5.74, 6) is 0.0261. The first-order chi connectivity index (χ1) is 18.4. The van der Waals surface area contributed by atoms with Crippen LogP contribution in [-0.2, 0) is 17.3 Å². The van der Waals surface area contributed by atoms with Crippen LogP contribution in [0.4, 0.5) is 5.69 Å². The van der Waals surface area contributed by atoms with Crippen LogP contribution in [0.1, 0.15) is 32.9 Å². The molecule has 0 atom stereocenters. The summed E-state index contributed by atoms with van der Waals surface area (Å²) in [6.07, 6.45) is 2.39. The van der Waals surface area contributed by atoms with Crippen LogP contribution >= 0.6 is 11.6 Å². The first-order valence-electron chi connectivity index (χ1n) is 11.9. The maximum absolute atomic E-state index is 13.4. The van der Waals surface area contributed by atoms with Crippen molar-refractivity contribution in [2.45, 2.75) is 13.3 Å². The van der Waals surface area contributed by atoms with Gasteiger partial charge in [0.15, 0.2) is 0 Å². The number of imidazole rings is 1. The number of hydrogen-bond acceptors (Lipinski definition) is 4. The Morgan fingerprint density at radius 2 is 1.71 bits per heavy atom. The number of rotatable bonds is 7. The number of hydrogen-bond donors (Lipinski definition) is 1. The summed E-state index contributed by atoms with van der Waals surface area (Å²) in [6, 6.07) is 27.5. The molecular weight excluding hydrogens is 518 g/mol. The van der Waals surface area contributed by atoms with E-state index in [0.717, 1.165) is 27.5 Å². The van der Waals surface area contributed by atoms with E-state index in [9.17, 15) is 13.2 Å². The number of anilines is 1. The molecule has 0 aliphatic heterocycles. The zero-order valence-corrected chi connectivity index (χ0v) is 22.2. The summed E-state index contributed by atoms with van der Waals surface area (Å²) in [7, 11) is -3.22. The molecule has 5 aromatic rings. The number of thiol groups is 1. The lowest BCUT2D eigenvalue weighted by molar-refractivity contribution is 0.101. The number of carbonyl (C=O) groups is 1. The molecular formula is C30H24ClN3O3S. The number of aromatic nitrogens is 2. The molecule has 5 rings (SSSR count). The standard InChI is InChI=1S/C30H24ClN3O3S/c1-3-21-9-13-25(14-10-21)34(38(36)37)30(35)24-12-15-27-29(19-24)33(20(2)32-27)28-16-11-23(18-26(28)31)17-22-7-5-4-6-8-22/h3-16,18-19,38H,1,17H2,2H3. The first kappa shape index (κ1) is 25.4. The molecule has 1 amide bonds. The number of carbonyl (C=O) groups excluding carboxylic acids is 1. The predicted octanol–water partition coefficient (Wildman–Crippen LogP) is 6.39. The van der Waals surface area contributed by atoms with E-state index in [0.29, 0.717) is 21.9 Å². The lowest BCUT2D eigenvalue weighted by Crippen LogP contribution is -2.29. The van der Waals surface area contributed by atoms with Crippen molar-refractivity contribution < 1.29 is 13.2 Å². The number of nitrogens with zero attached hydrogens (tertiary/aromatic N) is 3. The molecule has 4 aromatic carbocycles. The van der Waals surface area contributed by atoms with Gasteiger partial charge in [-0.3, -0.25) is 9.36 Å². The Kier molecular flexibility index (Phi) is 7.13. The van der Waals surface area contributed by atoms with Crippen LogP contribution in [0.5, 0.6) is 0 Å². The average molecular weight is 542 g/mol. The summed E-state index contributed by atoms with van der Waals surface area (Å²) in [4.78, 5) is 18.0. The van der Waals surface area contributed by atoms with Crippen LogP contribution in [0.2, 0.25) is 5.02 Å². The number of fused-ring (bicyclic) bond motifs is 1. The molecule has 190 valence electrons. The van der Waals surface area contributed by atoms with E-state index in [4.69, 9.17) is 11.6 Å². The van der Waals surface area contributed by atoms with Crippen molar-refractivity contribution in [1.29, 1.82) is 0 Å². The molecule has 1 aromatic heterocycles. The fourth-order valence-corrected chi connectivity index (χ4v) is 5.34. The normalized spacial score (nSPS) is 11.1. The molecule has 0 aliphatic rings. The fraction of sp³-hybridized carbons (Fsp3) is 0.0667. The van der Waals surface area contributed by atoms with Crippen molar-refractivity contribution in [2.24, 2.45) is 0 Å². The first-order valence-corrected chi connectivity index (χ1v) is 13.4. The smallest absolute Gasteiger partial charge is 0.271 e. The molecule has 8 heteroatoms. The van der Waals surface area contributed by atoms with Crippen molar-refractivity contribution in [3.63, 3.8) is 0 Å². The Balaban J connectivity index is 1.53. The zero-order chi connectivity index (χ0) is 26.8. The van der Waals surface area contributed by atoms with Gasteiger partial charge in [-0.25, -0.2) is 17.7 Å². The van der Waals surface area contributed by atoms with Gasteiger partial charge in [-0.1, -0.05) is 72.8 Å². The van der Waals surface area contributed by atoms with E-state index in [1.165, 1.54) is 5.56 Å². The minimum atomic E-state index is -3.22. The molecule has 0 saturated heterocycles. The van der Waals surface area contributed by atoms with Crippen LogP contribution < -0.4 is 4.31 Å². The number of amides is 1. The molecule has 6 nitrogen and oxygen atoms in total. The molecule has 38 heavy (non-hydrogen) atoms. The third kappa shape index (κ3) is 4.98. The zero-order valence-electron chi connectivity index (χ0n) is 20.5. The molecule has 0 N–H and O–H groups in total. The average Bonchev–Trinajstić information content (AvgIpc) is 3.24. The van der Waals surface area contributed by atoms with Gasteiger partial charge in [0.25, 0.3) is 5.91 Å². The van der Waals surface area contributed by atoms with Gasteiger partial charge < -0.3 is 0 Å². The van der Waals surface area contributed by atoms with E-state index in [1.54, 1.807) is 48.5 Å². The molecule has 0 radical (unpaired) electrons. The number of benzene rings is 4. The maximum Gasteiger partial charge on any atom is 0.271 e. The predicted molar refractivity (Wildman–Crippen MR) is 154 cm³/mol. The van der Waals surface area contributed by atoms with E-state index in [-0.39, 0.29) is 11.3 Å². The van der Waals surface area contributed by atoms with Gasteiger partial charge in [-0.15, -0.1) is 0 Å². The second-order valence-electron chi connectivity index (χ2n) is 8.80. The van der Waals surface area contributed by atoms with Gasteiger partial charge in [0.2, 0.25) is 10.9 Å². The van der Waals surface area contributed by atoms with Crippen molar-refractivity contribution in [3.8, 4) is 5.69 Å². The second kappa shape index (κ2) is 10.7. The van der Waals surface area contributed by atoms with Crippen LogP contribution in [0.25, 0.3) is 22.8 Å². The van der Waals surface area contributed by atoms with E-state index in [1.807, 2.05) is 47.9 Å². The molecule has 0 bridgehead atoms. The van der Waals surface area contributed by atoms with Crippen LogP contribution in [0, 0.1) is 6.92 Å². The van der Waals surface area contributed by atoms with Crippen LogP contribution in [-0.4, -0.2) is 23.9 Å². The minimum Gasteiger partial charge on any atom is -0.295 e. The Labute approximate surface area is 227 Å². The molecule has 0 fully saturated rings. The number of halogens is 1. The Morgan fingerprint density at radius 1 is 0.974 bits per heavy atom. The van der Waals surface area contributed by atoms with Gasteiger partial charge >= 0.3 is 0 Å². The van der Waals surface area contributed by atoms with E-state index in [2.05, 4.69) is 23.7 Å². The maximum atomic E-state index is 13.4. The summed E-state index contributed by atoms with van der Waals surface area (Å²) in [6.45, 7) is 5.56. The molecule has 0 spiro atoms. The monoisotopic (exact) mass is 541 g/mol. The van der Waals surface area contributed by atoms with E-state index >= 15 is 0 Å². The highest BCUT2D eigenvalue weighted by atomic mass is 35.5. The highest BCUT2D eigenvalue weighted by Gasteiger charge is 2.22. The van der Waals surface area contributed by atoms with Crippen molar-refractivity contribution in [1.82, 2.24) is 9.55 Å². The summed E-state index contributed by atoms with van der Waals surface area (Å²) >= 11 is 6.75. The van der Waals surface area contributed by atoms with Crippen LogP contribution in [0.3, 0.4) is 0 Å². The highest BCUT2D eigenvalue weighted by Crippen LogP contribution is 2.30. The third-order valence-corrected chi connectivity index (χ3v) is 7.34. The second-order valence-corrected chi connectivity index (χ2v) is 10.1. The number of aryl methyl sites for hydroxylation is 1. The largest absolute Gasteiger partial charge is 0.295 e.